The highest BCUT2D eigenvalue weighted by Crippen LogP contribution is 2.24. The average molecular weight is 341 g/mol. The molecule has 1 aliphatic heterocycles. The minimum atomic E-state index is -3.23. The second-order valence-corrected chi connectivity index (χ2v) is 8.01. The zero-order chi connectivity index (χ0) is 16.5. The van der Waals surface area contributed by atoms with Crippen molar-refractivity contribution >= 4 is 9.84 Å². The van der Waals surface area contributed by atoms with Gasteiger partial charge in [-0.25, -0.2) is 8.42 Å². The van der Waals surface area contributed by atoms with E-state index in [1.54, 1.807) is 24.3 Å². The molecule has 1 aromatic rings. The molecule has 0 radical (unpaired) electrons. The normalized spacial score (nSPS) is 16.4. The summed E-state index contributed by atoms with van der Waals surface area (Å²) in [6.07, 6.45) is 3.53. The molecule has 0 aliphatic carbocycles. The summed E-state index contributed by atoms with van der Waals surface area (Å²) >= 11 is 0. The fourth-order valence-electron chi connectivity index (χ4n) is 2.59. The first kappa shape index (κ1) is 18.2. The van der Waals surface area contributed by atoms with E-state index >= 15 is 0 Å². The van der Waals surface area contributed by atoms with Crippen LogP contribution in [0.1, 0.15) is 32.6 Å². The van der Waals surface area contributed by atoms with Crippen LogP contribution in [0.2, 0.25) is 0 Å². The molecule has 0 atom stereocenters. The van der Waals surface area contributed by atoms with Crippen LogP contribution in [-0.4, -0.2) is 46.6 Å². The van der Waals surface area contributed by atoms with Crippen LogP contribution in [0, 0.1) is 0 Å². The third kappa shape index (κ3) is 5.48. The van der Waals surface area contributed by atoms with E-state index in [1.807, 2.05) is 0 Å². The predicted octanol–water partition coefficient (Wildman–Crippen LogP) is 2.41. The van der Waals surface area contributed by atoms with Crippen LogP contribution in [0.4, 0.5) is 0 Å². The van der Waals surface area contributed by atoms with Gasteiger partial charge >= 0.3 is 0 Å². The number of unbranched alkanes of at least 4 members (excludes halogenated alkanes) is 1. The Hall–Kier alpha value is -1.11. The molecule has 0 amide bonds. The van der Waals surface area contributed by atoms with Crippen molar-refractivity contribution in [2.45, 2.75) is 42.8 Å². The van der Waals surface area contributed by atoms with Crippen molar-refractivity contribution in [3.63, 3.8) is 0 Å². The molecule has 6 heteroatoms. The third-order valence-corrected chi connectivity index (χ3v) is 6.29. The topological polar surface area (TPSA) is 64.6 Å². The highest BCUT2D eigenvalue weighted by atomic mass is 32.2. The minimum absolute atomic E-state index is 0.275. The third-order valence-electron chi connectivity index (χ3n) is 4.02. The molecule has 130 valence electrons. The zero-order valence-corrected chi connectivity index (χ0v) is 14.6. The lowest BCUT2D eigenvalue weighted by Gasteiger charge is -2.22. The van der Waals surface area contributed by atoms with Crippen molar-refractivity contribution in [3.05, 3.63) is 24.3 Å². The smallest absolute Gasteiger partial charge is 0.181 e. The highest BCUT2D eigenvalue weighted by molar-refractivity contribution is 7.92. The molecule has 0 bridgehead atoms. The van der Waals surface area contributed by atoms with Gasteiger partial charge in [-0.3, -0.25) is 0 Å². The molecule has 0 saturated carbocycles. The van der Waals surface area contributed by atoms with Crippen molar-refractivity contribution < 1.29 is 17.9 Å². The first-order valence-electron chi connectivity index (χ1n) is 8.40. The van der Waals surface area contributed by atoms with Crippen LogP contribution >= 0.6 is 0 Å². The number of hydrogen-bond acceptors (Lipinski definition) is 5. The van der Waals surface area contributed by atoms with Gasteiger partial charge in [-0.15, -0.1) is 0 Å². The minimum Gasteiger partial charge on any atom is -0.491 e. The Morgan fingerprint density at radius 3 is 2.43 bits per heavy atom. The van der Waals surface area contributed by atoms with E-state index in [4.69, 9.17) is 9.47 Å². The maximum Gasteiger partial charge on any atom is 0.181 e. The molecule has 1 saturated heterocycles. The molecule has 1 aromatic carbocycles. The standard InChI is InChI=1S/C17H27NO4S/c1-2-3-12-21-13-14-22-15-4-6-16(7-5-15)23(19,20)17-8-10-18-11-9-17/h4-7,17-18H,2-3,8-14H2,1H3. The Balaban J connectivity index is 1.84. The number of rotatable bonds is 9. The summed E-state index contributed by atoms with van der Waals surface area (Å²) in [4.78, 5) is 0.385. The van der Waals surface area contributed by atoms with E-state index in [1.165, 1.54) is 0 Å². The number of ether oxygens (including phenoxy) is 2. The van der Waals surface area contributed by atoms with Crippen molar-refractivity contribution in [1.82, 2.24) is 5.32 Å². The van der Waals surface area contributed by atoms with Gasteiger partial charge < -0.3 is 14.8 Å². The van der Waals surface area contributed by atoms with Crippen LogP contribution in [0.3, 0.4) is 0 Å². The maximum absolute atomic E-state index is 12.6. The number of benzene rings is 1. The largest absolute Gasteiger partial charge is 0.491 e. The van der Waals surface area contributed by atoms with Crippen molar-refractivity contribution in [2.24, 2.45) is 0 Å². The molecule has 2 rings (SSSR count). The first-order chi connectivity index (χ1) is 11.1. The van der Waals surface area contributed by atoms with E-state index in [9.17, 15) is 8.42 Å². The van der Waals surface area contributed by atoms with Gasteiger partial charge in [0.25, 0.3) is 0 Å². The van der Waals surface area contributed by atoms with Crippen molar-refractivity contribution in [1.29, 1.82) is 0 Å². The van der Waals surface area contributed by atoms with Gasteiger partial charge in [0.1, 0.15) is 12.4 Å². The fraction of sp³-hybridized carbons (Fsp3) is 0.647. The Morgan fingerprint density at radius 2 is 1.78 bits per heavy atom. The van der Waals surface area contributed by atoms with Crippen LogP contribution in [0.15, 0.2) is 29.2 Å². The Bertz CT molecular complexity index is 550. The average Bonchev–Trinajstić information content (AvgIpc) is 2.59. The molecule has 0 unspecified atom stereocenters. The van der Waals surface area contributed by atoms with Gasteiger partial charge in [-0.05, 0) is 56.6 Å². The fourth-order valence-corrected chi connectivity index (χ4v) is 4.35. The Morgan fingerprint density at radius 1 is 1.09 bits per heavy atom. The van der Waals surface area contributed by atoms with Crippen LogP contribution < -0.4 is 10.1 Å². The van der Waals surface area contributed by atoms with Crippen LogP contribution in [0.25, 0.3) is 0 Å². The number of sulfone groups is 1. The lowest BCUT2D eigenvalue weighted by Crippen LogP contribution is -2.35. The molecule has 0 aromatic heterocycles. The lowest BCUT2D eigenvalue weighted by atomic mass is 10.2. The van der Waals surface area contributed by atoms with Gasteiger partial charge in [0.05, 0.1) is 16.8 Å². The second kappa shape index (κ2) is 9.25. The van der Waals surface area contributed by atoms with Gasteiger partial charge in [-0.2, -0.15) is 0 Å². The second-order valence-electron chi connectivity index (χ2n) is 5.78. The predicted molar refractivity (Wildman–Crippen MR) is 90.7 cm³/mol. The summed E-state index contributed by atoms with van der Waals surface area (Å²) in [5.41, 5.74) is 0. The van der Waals surface area contributed by atoms with E-state index in [-0.39, 0.29) is 5.25 Å². The molecule has 23 heavy (non-hydrogen) atoms. The number of nitrogens with one attached hydrogen (secondary N) is 1. The quantitative estimate of drug-likeness (QED) is 0.699. The Kier molecular flexibility index (Phi) is 7.33. The first-order valence-corrected chi connectivity index (χ1v) is 9.94. The van der Waals surface area contributed by atoms with Gasteiger partial charge in [-0.1, -0.05) is 13.3 Å². The summed E-state index contributed by atoms with van der Waals surface area (Å²) in [7, 11) is -3.23. The molecule has 1 aliphatic rings. The van der Waals surface area contributed by atoms with Crippen molar-refractivity contribution in [2.75, 3.05) is 32.9 Å². The van der Waals surface area contributed by atoms with E-state index in [2.05, 4.69) is 12.2 Å². The lowest BCUT2D eigenvalue weighted by molar-refractivity contribution is 0.0980. The van der Waals surface area contributed by atoms with E-state index < -0.39 is 9.84 Å². The number of hydrogen-bond donors (Lipinski definition) is 1. The van der Waals surface area contributed by atoms with E-state index in [0.29, 0.717) is 36.7 Å². The molecular formula is C17H27NO4S. The van der Waals surface area contributed by atoms with Crippen LogP contribution in [0.5, 0.6) is 5.75 Å². The summed E-state index contributed by atoms with van der Waals surface area (Å²) in [5.74, 6) is 0.674. The molecule has 1 heterocycles. The highest BCUT2D eigenvalue weighted by Gasteiger charge is 2.28. The Labute approximate surface area is 139 Å². The van der Waals surface area contributed by atoms with Gasteiger partial charge in [0.2, 0.25) is 0 Å². The zero-order valence-electron chi connectivity index (χ0n) is 13.8. The van der Waals surface area contributed by atoms with Crippen LogP contribution in [-0.2, 0) is 14.6 Å². The van der Waals surface area contributed by atoms with Gasteiger partial charge in [0, 0.05) is 6.61 Å². The number of piperidine rings is 1. The molecule has 1 fully saturated rings. The van der Waals surface area contributed by atoms with E-state index in [0.717, 1.165) is 32.5 Å². The summed E-state index contributed by atoms with van der Waals surface area (Å²) in [5, 5.41) is 2.92. The van der Waals surface area contributed by atoms with Crippen molar-refractivity contribution in [3.8, 4) is 5.75 Å². The molecule has 0 spiro atoms. The molecule has 1 N–H and O–H groups in total. The SMILES string of the molecule is CCCCOCCOc1ccc(S(=O)(=O)C2CCNCC2)cc1. The summed E-state index contributed by atoms with van der Waals surface area (Å²) < 4.78 is 36.1. The maximum atomic E-state index is 12.6. The monoisotopic (exact) mass is 341 g/mol. The summed E-state index contributed by atoms with van der Waals surface area (Å²) in [6.45, 7) is 5.44. The molecule has 5 nitrogen and oxygen atoms in total. The molecular weight excluding hydrogens is 314 g/mol. The summed E-state index contributed by atoms with van der Waals surface area (Å²) in [6, 6.07) is 6.73. The van der Waals surface area contributed by atoms with Gasteiger partial charge in [0.15, 0.2) is 9.84 Å².